The third-order valence-electron chi connectivity index (χ3n) is 4.93. The van der Waals surface area contributed by atoms with E-state index in [1.807, 2.05) is 6.07 Å². The number of benzene rings is 1. The van der Waals surface area contributed by atoms with Crippen LogP contribution in [-0.4, -0.2) is 5.88 Å². The minimum absolute atomic E-state index is 0.200. The molecule has 2 aliphatic rings. The summed E-state index contributed by atoms with van der Waals surface area (Å²) in [4.78, 5) is 0. The van der Waals surface area contributed by atoms with E-state index in [9.17, 15) is 4.39 Å². The molecule has 3 atom stereocenters. The van der Waals surface area contributed by atoms with Gasteiger partial charge in [0.25, 0.3) is 0 Å². The summed E-state index contributed by atoms with van der Waals surface area (Å²) in [7, 11) is 0. The third-order valence-corrected chi connectivity index (χ3v) is 5.81. The van der Waals surface area contributed by atoms with Crippen molar-refractivity contribution < 1.29 is 4.39 Å². The van der Waals surface area contributed by atoms with E-state index in [1.165, 1.54) is 37.8 Å². The van der Waals surface area contributed by atoms with E-state index in [0.29, 0.717) is 10.9 Å². The first-order valence-electron chi connectivity index (χ1n) is 6.63. The summed E-state index contributed by atoms with van der Waals surface area (Å²) < 4.78 is 13.1. The molecule has 0 amide bonds. The molecule has 3 rings (SSSR count). The topological polar surface area (TPSA) is 0 Å². The fourth-order valence-electron chi connectivity index (χ4n) is 4.03. The van der Waals surface area contributed by atoms with Gasteiger partial charge in [0, 0.05) is 10.9 Å². The van der Waals surface area contributed by atoms with E-state index in [1.54, 1.807) is 0 Å². The van der Waals surface area contributed by atoms with E-state index < -0.39 is 0 Å². The molecule has 0 saturated heterocycles. The molecule has 1 aromatic carbocycles. The molecule has 2 fully saturated rings. The summed E-state index contributed by atoms with van der Waals surface area (Å²) in [6, 6.07) is 4.72. The largest absolute Gasteiger partial charge is 0.207 e. The molecule has 1 aromatic rings. The van der Waals surface area contributed by atoms with E-state index in [-0.39, 0.29) is 11.2 Å². The van der Waals surface area contributed by atoms with Gasteiger partial charge in [-0.3, -0.25) is 0 Å². The Morgan fingerprint density at radius 1 is 1.33 bits per heavy atom. The zero-order chi connectivity index (χ0) is 12.8. The van der Waals surface area contributed by atoms with E-state index in [4.69, 9.17) is 23.2 Å². The number of hydrogen-bond donors (Lipinski definition) is 0. The molecule has 2 aliphatic carbocycles. The van der Waals surface area contributed by atoms with Gasteiger partial charge >= 0.3 is 0 Å². The van der Waals surface area contributed by atoms with Crippen LogP contribution in [0.25, 0.3) is 0 Å². The maximum atomic E-state index is 13.1. The lowest BCUT2D eigenvalue weighted by Gasteiger charge is -2.36. The number of rotatable bonds is 3. The second-order valence-electron chi connectivity index (χ2n) is 5.99. The van der Waals surface area contributed by atoms with Crippen molar-refractivity contribution in [1.29, 1.82) is 0 Å². The van der Waals surface area contributed by atoms with Gasteiger partial charge in [-0.05, 0) is 60.6 Å². The van der Waals surface area contributed by atoms with Crippen LogP contribution in [0.1, 0.15) is 31.2 Å². The highest BCUT2D eigenvalue weighted by Gasteiger charge is 2.50. The molecule has 2 bridgehead atoms. The van der Waals surface area contributed by atoms with Crippen molar-refractivity contribution in [3.63, 3.8) is 0 Å². The lowest BCUT2D eigenvalue weighted by molar-refractivity contribution is 0.193. The van der Waals surface area contributed by atoms with Gasteiger partial charge in [0.05, 0.1) is 0 Å². The first kappa shape index (κ1) is 12.7. The monoisotopic (exact) mass is 286 g/mol. The summed E-state index contributed by atoms with van der Waals surface area (Å²) in [5, 5.41) is 0.544. The molecular formula is C15H17Cl2F. The Hall–Kier alpha value is -0.270. The highest BCUT2D eigenvalue weighted by molar-refractivity contribution is 6.31. The number of hydrogen-bond acceptors (Lipinski definition) is 0. The molecule has 0 aliphatic heterocycles. The molecule has 0 N–H and O–H groups in total. The van der Waals surface area contributed by atoms with E-state index in [2.05, 4.69) is 0 Å². The lowest BCUT2D eigenvalue weighted by atomic mass is 9.71. The fourth-order valence-corrected chi connectivity index (χ4v) is 4.69. The van der Waals surface area contributed by atoms with Crippen molar-refractivity contribution in [2.45, 2.75) is 32.1 Å². The van der Waals surface area contributed by atoms with Crippen molar-refractivity contribution in [1.82, 2.24) is 0 Å². The quantitative estimate of drug-likeness (QED) is 0.681. The average Bonchev–Trinajstić information content (AvgIpc) is 2.93. The van der Waals surface area contributed by atoms with Crippen LogP contribution in [0.5, 0.6) is 0 Å². The second-order valence-corrected chi connectivity index (χ2v) is 6.66. The van der Waals surface area contributed by atoms with Gasteiger partial charge in [-0.15, -0.1) is 11.6 Å². The van der Waals surface area contributed by atoms with Crippen molar-refractivity contribution >= 4 is 23.2 Å². The summed E-state index contributed by atoms with van der Waals surface area (Å²) in [6.45, 7) is 0. The molecule has 0 nitrogen and oxygen atoms in total. The van der Waals surface area contributed by atoms with Gasteiger partial charge in [0.2, 0.25) is 0 Å². The smallest absolute Gasteiger partial charge is 0.124 e. The van der Waals surface area contributed by atoms with Crippen LogP contribution in [0.15, 0.2) is 18.2 Å². The normalized spacial score (nSPS) is 34.2. The van der Waals surface area contributed by atoms with Crippen molar-refractivity contribution in [3.05, 3.63) is 34.6 Å². The molecular weight excluding hydrogens is 270 g/mol. The zero-order valence-electron chi connectivity index (χ0n) is 10.3. The molecule has 18 heavy (non-hydrogen) atoms. The predicted octanol–water partition coefficient (Wildman–Crippen LogP) is 5.07. The summed E-state index contributed by atoms with van der Waals surface area (Å²) in [5.41, 5.74) is 1.25. The maximum Gasteiger partial charge on any atom is 0.124 e. The van der Waals surface area contributed by atoms with Gasteiger partial charge in [0.1, 0.15) is 5.82 Å². The molecule has 0 spiro atoms. The van der Waals surface area contributed by atoms with Crippen molar-refractivity contribution in [2.24, 2.45) is 17.3 Å². The van der Waals surface area contributed by atoms with Crippen LogP contribution in [0.2, 0.25) is 5.02 Å². The summed E-state index contributed by atoms with van der Waals surface area (Å²) in [6.07, 6.45) is 6.11. The van der Waals surface area contributed by atoms with Gasteiger partial charge < -0.3 is 0 Å². The van der Waals surface area contributed by atoms with Crippen molar-refractivity contribution in [3.8, 4) is 0 Å². The Balaban J connectivity index is 1.86. The zero-order valence-corrected chi connectivity index (χ0v) is 11.8. The molecule has 2 saturated carbocycles. The Labute approximate surface area is 117 Å². The third kappa shape index (κ3) is 2.06. The summed E-state index contributed by atoms with van der Waals surface area (Å²) in [5.74, 6) is 2.02. The molecule has 0 aromatic heterocycles. The van der Waals surface area contributed by atoms with Crippen LogP contribution in [0.3, 0.4) is 0 Å². The van der Waals surface area contributed by atoms with E-state index >= 15 is 0 Å². The number of alkyl halides is 1. The number of halogens is 3. The van der Waals surface area contributed by atoms with Crippen LogP contribution < -0.4 is 0 Å². The van der Waals surface area contributed by atoms with Crippen molar-refractivity contribution in [2.75, 3.05) is 5.88 Å². The Kier molecular flexibility index (Phi) is 3.32. The minimum atomic E-state index is -0.267. The lowest BCUT2D eigenvalue weighted by Crippen LogP contribution is -2.32. The molecule has 98 valence electrons. The maximum absolute atomic E-state index is 13.1. The molecule has 0 heterocycles. The Bertz CT molecular complexity index is 460. The highest BCUT2D eigenvalue weighted by atomic mass is 35.5. The first-order chi connectivity index (χ1) is 8.63. The molecule has 0 radical (unpaired) electrons. The fraction of sp³-hybridized carbons (Fsp3) is 0.600. The van der Waals surface area contributed by atoms with Gasteiger partial charge in [0.15, 0.2) is 0 Å². The number of fused-ring (bicyclic) bond motifs is 2. The summed E-state index contributed by atoms with van der Waals surface area (Å²) >= 11 is 12.4. The van der Waals surface area contributed by atoms with Gasteiger partial charge in [-0.2, -0.15) is 0 Å². The van der Waals surface area contributed by atoms with Gasteiger partial charge in [-0.25, -0.2) is 4.39 Å². The highest BCUT2D eigenvalue weighted by Crippen LogP contribution is 2.58. The first-order valence-corrected chi connectivity index (χ1v) is 7.54. The Morgan fingerprint density at radius 2 is 2.17 bits per heavy atom. The predicted molar refractivity (Wildman–Crippen MR) is 73.7 cm³/mol. The van der Waals surface area contributed by atoms with Crippen LogP contribution in [0.4, 0.5) is 4.39 Å². The van der Waals surface area contributed by atoms with Crippen LogP contribution in [-0.2, 0) is 6.42 Å². The van der Waals surface area contributed by atoms with Gasteiger partial charge in [-0.1, -0.05) is 24.1 Å². The van der Waals surface area contributed by atoms with Crippen LogP contribution >= 0.6 is 23.2 Å². The SMILES string of the molecule is Fc1ccc(CC2(CCl)CC3CCC2C3)c(Cl)c1. The Morgan fingerprint density at radius 3 is 2.72 bits per heavy atom. The standard InChI is InChI=1S/C15H17Cl2F/c16-9-15(7-10-1-3-12(15)5-10)8-11-2-4-13(18)6-14(11)17/h2,4,6,10,12H,1,3,5,7-9H2. The van der Waals surface area contributed by atoms with E-state index in [0.717, 1.165) is 23.8 Å². The molecule has 3 heteroatoms. The average molecular weight is 287 g/mol. The second kappa shape index (κ2) is 4.68. The minimum Gasteiger partial charge on any atom is -0.207 e. The van der Waals surface area contributed by atoms with Crippen LogP contribution in [0, 0.1) is 23.1 Å². The molecule has 3 unspecified atom stereocenters.